The summed E-state index contributed by atoms with van der Waals surface area (Å²) < 4.78 is 34.4. The number of alkyl halides is 1. The van der Waals surface area contributed by atoms with Crippen LogP contribution in [0.1, 0.15) is 75.2 Å². The fourth-order valence-corrected chi connectivity index (χ4v) is 18.6. The van der Waals surface area contributed by atoms with Crippen LogP contribution in [-0.4, -0.2) is 180 Å². The minimum Gasteiger partial charge on any atom is -1.00 e. The molecule has 12 unspecified atom stereocenters. The molecule has 9 saturated heterocycles. The van der Waals surface area contributed by atoms with Crippen LogP contribution in [0, 0.1) is 0 Å². The number of nitrogens with zero attached hydrogens (tertiary/aromatic N) is 2. The maximum absolute atomic E-state index is 13.1. The molecule has 15 rings (SSSR count). The number of thiophene rings is 6. The predicted molar refractivity (Wildman–Crippen MR) is 317 cm³/mol. The van der Waals surface area contributed by atoms with E-state index in [2.05, 4.69) is 53.8 Å². The van der Waals surface area contributed by atoms with Gasteiger partial charge in [-0.05, 0) is 81.6 Å². The minimum absolute atomic E-state index is 0. The Bertz CT molecular complexity index is 2870. The van der Waals surface area contributed by atoms with Crippen LogP contribution >= 0.6 is 84.0 Å². The summed E-state index contributed by atoms with van der Waals surface area (Å²) in [6, 6.07) is 24.1. The second-order valence-corrected chi connectivity index (χ2v) is 28.0. The van der Waals surface area contributed by atoms with E-state index in [-0.39, 0.29) is 42.7 Å². The molecule has 15 heterocycles. The number of quaternary nitrogens is 2. The highest BCUT2D eigenvalue weighted by Crippen LogP contribution is 2.53. The van der Waals surface area contributed by atoms with Crippen LogP contribution in [0.15, 0.2) is 105 Å². The lowest BCUT2D eigenvalue weighted by molar-refractivity contribution is -0.938. The molecule has 9 aliphatic rings. The molecule has 0 spiro atoms. The van der Waals surface area contributed by atoms with Crippen molar-refractivity contribution in [2.45, 2.75) is 154 Å². The standard InChI is InChI=1S/C19H22NO4S2.C18H19NO4S2.C11H10O3S2.C8H13NO2.CH3Br.CH4.BrH/c1-20(2)12-9-11(10-13(20)17-16(12)24-17)23-18(21)19(22,14-5-3-7-25-14)15-6-4-8-26-15;1-19-11-8-10(9-12(19)16-15(11)23-16)22-17(20)18(21,13-4-2-6-24-13)14-5-3-7-25-14;1-14-10(12)11(13,8-4-2-6-15-8)9-5-3-7-16-9;1-9-5-2-4(10)3-6(9)8-7(5)11-8;1-2;;/h3-8,11-13,16-17,22H,9-10H2,1-2H3;2-7,10-12,15-16,21H,8-9H2,1H3;2-7,13H,1H3;4-8,10H,2-3H2,1H3;1H3;1H4;1H/q+1;;;;;;. The van der Waals surface area contributed by atoms with Gasteiger partial charge in [-0.3, -0.25) is 4.90 Å². The van der Waals surface area contributed by atoms with Gasteiger partial charge in [-0.25, -0.2) is 14.4 Å². The highest BCUT2D eigenvalue weighted by molar-refractivity contribution is 9.08. The van der Waals surface area contributed by atoms with Crippen molar-refractivity contribution in [1.29, 1.82) is 0 Å². The van der Waals surface area contributed by atoms with Crippen LogP contribution in [0.2, 0.25) is 0 Å². The molecule has 6 bridgehead atoms. The molecule has 82 heavy (non-hydrogen) atoms. The number of aliphatic hydroxyl groups is 4. The molecule has 0 aromatic carbocycles. The molecule has 9 aliphatic heterocycles. The molecule has 5 N–H and O–H groups in total. The Morgan fingerprint density at radius 3 is 1.18 bits per heavy atom. The summed E-state index contributed by atoms with van der Waals surface area (Å²) in [5, 5.41) is 53.8. The van der Waals surface area contributed by atoms with Crippen molar-refractivity contribution in [1.82, 2.24) is 4.90 Å². The van der Waals surface area contributed by atoms with Crippen molar-refractivity contribution in [2.24, 2.45) is 0 Å². The summed E-state index contributed by atoms with van der Waals surface area (Å²) in [5.41, 5.74) is -5.11. The van der Waals surface area contributed by atoms with Gasteiger partial charge in [0.25, 0.3) is 0 Å². The largest absolute Gasteiger partial charge is 1.00 e. The van der Waals surface area contributed by atoms with Gasteiger partial charge in [0.2, 0.25) is 16.8 Å². The SMILES string of the molecule is C.CBr.CN1C2CC(OC(=O)C(O)(c3cccs3)c3cccs3)CC1C1OC12.COC(=O)C(O)(c1cccs1)c1cccs1.C[N+]1(C)C2CC(OC(=O)C(O)(c3cccs3)c3cccs3)CC1C1OC12.C[NH+]1C2CC(O)CC1C1OC12.[Br-]. The summed E-state index contributed by atoms with van der Waals surface area (Å²) in [6.07, 6.45) is 6.86. The van der Waals surface area contributed by atoms with Crippen LogP contribution in [0.5, 0.6) is 0 Å². The Morgan fingerprint density at radius 1 is 0.561 bits per heavy atom. The van der Waals surface area contributed by atoms with E-state index in [4.69, 9.17) is 23.7 Å². The maximum atomic E-state index is 13.1. The number of epoxide rings is 3. The smallest absolute Gasteiger partial charge is 0.349 e. The first-order valence-corrected chi connectivity index (χ1v) is 33.7. The Labute approximate surface area is 521 Å². The lowest BCUT2D eigenvalue weighted by Crippen LogP contribution is -3.17. The molecule has 446 valence electrons. The van der Waals surface area contributed by atoms with Crippen LogP contribution in [-0.2, 0) is 59.6 Å². The zero-order valence-electron chi connectivity index (χ0n) is 45.4. The molecule has 24 heteroatoms. The van der Waals surface area contributed by atoms with E-state index >= 15 is 0 Å². The van der Waals surface area contributed by atoms with E-state index in [1.807, 2.05) is 62.4 Å². The van der Waals surface area contributed by atoms with E-state index in [0.29, 0.717) is 102 Å². The van der Waals surface area contributed by atoms with E-state index in [1.165, 1.54) is 75.1 Å². The molecule has 6 aromatic heterocycles. The Morgan fingerprint density at radius 2 is 0.866 bits per heavy atom. The highest BCUT2D eigenvalue weighted by atomic mass is 79.9. The monoisotopic (exact) mass is 1370 g/mol. The number of hydrogen-bond acceptors (Lipinski definition) is 20. The number of carbonyl (C=O) groups excluding carboxylic acids is 3. The number of nitrogens with one attached hydrogen (secondary N) is 1. The number of halogens is 2. The number of likely N-dealkylation sites (N-methyl/N-ethyl adjacent to an activating group) is 3. The number of morpholine rings is 3. The Hall–Kier alpha value is -2.83. The molecular weight excluding hydrogens is 1300 g/mol. The molecule has 6 aromatic rings. The van der Waals surface area contributed by atoms with Crippen molar-refractivity contribution >= 4 is 102 Å². The highest BCUT2D eigenvalue weighted by Gasteiger charge is 2.71. The Balaban J connectivity index is 0.000000135. The lowest BCUT2D eigenvalue weighted by atomic mass is 9.95. The first kappa shape index (κ1) is 63.7. The quantitative estimate of drug-likeness (QED) is 0.0414. The molecule has 0 radical (unpaired) electrons. The third-order valence-electron chi connectivity index (χ3n) is 17.9. The van der Waals surface area contributed by atoms with Gasteiger partial charge in [0.05, 0.1) is 63.6 Å². The van der Waals surface area contributed by atoms with Crippen molar-refractivity contribution in [2.75, 3.05) is 41.1 Å². The van der Waals surface area contributed by atoms with Gasteiger partial charge in [0, 0.05) is 50.6 Å². The first-order valence-electron chi connectivity index (χ1n) is 26.8. The molecule has 0 aliphatic carbocycles. The van der Waals surface area contributed by atoms with Gasteiger partial charge >= 0.3 is 17.9 Å². The fraction of sp³-hybridized carbons (Fsp3) is 0.534. The molecule has 12 atom stereocenters. The van der Waals surface area contributed by atoms with Crippen LogP contribution in [0.3, 0.4) is 0 Å². The summed E-state index contributed by atoms with van der Waals surface area (Å²) >= 11 is 11.1. The summed E-state index contributed by atoms with van der Waals surface area (Å²) in [5.74, 6) is 0.0273. The Kier molecular flexibility index (Phi) is 19.8. The van der Waals surface area contributed by atoms with E-state index in [0.717, 1.165) is 43.0 Å². The third-order valence-corrected chi connectivity index (χ3v) is 23.7. The van der Waals surface area contributed by atoms with Crippen LogP contribution in [0.4, 0.5) is 0 Å². The second kappa shape index (κ2) is 25.5. The van der Waals surface area contributed by atoms with E-state index < -0.39 is 34.7 Å². The van der Waals surface area contributed by atoms with Gasteiger partial charge in [0.1, 0.15) is 73.0 Å². The molecule has 16 nitrogen and oxygen atoms in total. The zero-order valence-corrected chi connectivity index (χ0v) is 53.4. The number of esters is 3. The van der Waals surface area contributed by atoms with Gasteiger partial charge < -0.3 is 75.2 Å². The number of ether oxygens (including phenoxy) is 6. The molecule has 0 amide bonds. The van der Waals surface area contributed by atoms with E-state index in [9.17, 15) is 34.8 Å². The number of fused-ring (bicyclic) bond motifs is 15. The zero-order chi connectivity index (χ0) is 56.5. The summed E-state index contributed by atoms with van der Waals surface area (Å²) in [7, 11) is 10.1. The summed E-state index contributed by atoms with van der Waals surface area (Å²) in [6.45, 7) is 0. The number of hydrogen-bond donors (Lipinski definition) is 5. The van der Waals surface area contributed by atoms with Crippen LogP contribution < -0.4 is 21.9 Å². The van der Waals surface area contributed by atoms with Gasteiger partial charge in [0.15, 0.2) is 0 Å². The van der Waals surface area contributed by atoms with Crippen LogP contribution in [0.25, 0.3) is 0 Å². The molecule has 9 fully saturated rings. The topological polar surface area (TPSA) is 205 Å². The van der Waals surface area contributed by atoms with E-state index in [1.54, 1.807) is 53.4 Å². The maximum Gasteiger partial charge on any atom is 0.349 e. The lowest BCUT2D eigenvalue weighted by Gasteiger charge is -2.45. The minimum atomic E-state index is -1.72. The average Bonchev–Trinajstić information content (AvgIpc) is 1.79. The fourth-order valence-electron chi connectivity index (χ4n) is 13.5. The second-order valence-electron chi connectivity index (χ2n) is 22.3. The van der Waals surface area contributed by atoms with Crippen molar-refractivity contribution in [3.63, 3.8) is 0 Å². The predicted octanol–water partition coefficient (Wildman–Crippen LogP) is 3.59. The third kappa shape index (κ3) is 11.5. The normalized spacial score (nSPS) is 32.4. The van der Waals surface area contributed by atoms with Gasteiger partial charge in [-0.1, -0.05) is 59.8 Å². The average molecular weight is 1370 g/mol. The number of piperidine rings is 3. The number of rotatable bonds is 11. The molecular formula is C58H72Br2N3O13S6+. The van der Waals surface area contributed by atoms with Crippen molar-refractivity contribution in [3.8, 4) is 0 Å². The number of aliphatic hydroxyl groups excluding tert-OH is 1. The molecule has 0 saturated carbocycles. The number of methoxy groups -OCH3 is 1. The first-order chi connectivity index (χ1) is 38.5. The van der Waals surface area contributed by atoms with Gasteiger partial charge in [-0.2, -0.15) is 0 Å². The van der Waals surface area contributed by atoms with Crippen molar-refractivity contribution in [3.05, 3.63) is 134 Å². The van der Waals surface area contributed by atoms with Gasteiger partial charge in [-0.15, -0.1) is 68.0 Å². The summed E-state index contributed by atoms with van der Waals surface area (Å²) in [4.78, 5) is 45.4. The number of carbonyl (C=O) groups is 3. The van der Waals surface area contributed by atoms with Crippen molar-refractivity contribution < 1.29 is 89.6 Å².